The normalized spacial score (nSPS) is 10.8. The van der Waals surface area contributed by atoms with E-state index in [0.29, 0.717) is 6.61 Å². The van der Waals surface area contributed by atoms with Crippen molar-refractivity contribution in [3.63, 3.8) is 0 Å². The SMILES string of the molecule is CC(=O)SCCC=Cc1ccc(OCc2ccccc2)cc1. The molecule has 22 heavy (non-hydrogen) atoms. The molecule has 0 N–H and O–H groups in total. The number of rotatable bonds is 7. The predicted octanol–water partition coefficient (Wildman–Crippen LogP) is 4.95. The Morgan fingerprint density at radius 1 is 1.09 bits per heavy atom. The molecular weight excluding hydrogens is 292 g/mol. The monoisotopic (exact) mass is 312 g/mol. The Bertz CT molecular complexity index is 603. The molecule has 0 bridgehead atoms. The highest BCUT2D eigenvalue weighted by molar-refractivity contribution is 8.13. The molecule has 2 rings (SSSR count). The van der Waals surface area contributed by atoms with Crippen molar-refractivity contribution in [2.24, 2.45) is 0 Å². The number of carbonyl (C=O) groups excluding carboxylic acids is 1. The second kappa shape index (κ2) is 9.11. The van der Waals surface area contributed by atoms with E-state index < -0.39 is 0 Å². The Kier molecular flexibility index (Phi) is 6.78. The van der Waals surface area contributed by atoms with Crippen LogP contribution in [0.4, 0.5) is 0 Å². The molecule has 2 aromatic rings. The Labute approximate surface area is 136 Å². The maximum absolute atomic E-state index is 10.8. The van der Waals surface area contributed by atoms with Crippen LogP contribution in [-0.4, -0.2) is 10.9 Å². The number of hydrogen-bond donors (Lipinski definition) is 0. The standard InChI is InChI=1S/C19H20O2S/c1-16(20)22-14-6-5-7-17-10-12-19(13-11-17)21-15-18-8-3-2-4-9-18/h2-5,7-13H,6,14-15H2,1H3. The van der Waals surface area contributed by atoms with Crippen LogP contribution in [0.2, 0.25) is 0 Å². The fourth-order valence-corrected chi connectivity index (χ4v) is 2.45. The molecule has 0 radical (unpaired) electrons. The fraction of sp³-hybridized carbons (Fsp3) is 0.211. The van der Waals surface area contributed by atoms with Crippen LogP contribution in [0.15, 0.2) is 60.7 Å². The molecule has 0 heterocycles. The van der Waals surface area contributed by atoms with Gasteiger partial charge in [-0.15, -0.1) is 0 Å². The summed E-state index contributed by atoms with van der Waals surface area (Å²) < 4.78 is 5.75. The number of hydrogen-bond acceptors (Lipinski definition) is 3. The van der Waals surface area contributed by atoms with Gasteiger partial charge in [-0.3, -0.25) is 4.79 Å². The van der Waals surface area contributed by atoms with Crippen LogP contribution in [0, 0.1) is 0 Å². The second-order valence-corrected chi connectivity index (χ2v) is 6.15. The van der Waals surface area contributed by atoms with E-state index in [4.69, 9.17) is 4.74 Å². The minimum absolute atomic E-state index is 0.174. The molecule has 0 spiro atoms. The number of allylic oxidation sites excluding steroid dienone is 1. The van der Waals surface area contributed by atoms with Gasteiger partial charge in [0.15, 0.2) is 5.12 Å². The van der Waals surface area contributed by atoms with Gasteiger partial charge >= 0.3 is 0 Å². The van der Waals surface area contributed by atoms with E-state index in [9.17, 15) is 4.79 Å². The molecule has 0 aromatic heterocycles. The van der Waals surface area contributed by atoms with Gasteiger partial charge in [0.05, 0.1) is 0 Å². The average molecular weight is 312 g/mol. The van der Waals surface area contributed by atoms with Crippen LogP contribution in [0.25, 0.3) is 6.08 Å². The maximum atomic E-state index is 10.8. The van der Waals surface area contributed by atoms with E-state index in [2.05, 4.69) is 24.3 Å². The quantitative estimate of drug-likeness (QED) is 0.677. The van der Waals surface area contributed by atoms with Gasteiger partial charge < -0.3 is 4.74 Å². The van der Waals surface area contributed by atoms with Gasteiger partial charge in [0.25, 0.3) is 0 Å². The van der Waals surface area contributed by atoms with Crippen molar-refractivity contribution in [2.75, 3.05) is 5.75 Å². The number of ether oxygens (including phenoxy) is 1. The van der Waals surface area contributed by atoms with Gasteiger partial charge in [-0.05, 0) is 29.7 Å². The lowest BCUT2D eigenvalue weighted by atomic mass is 10.2. The fourth-order valence-electron chi connectivity index (χ4n) is 1.91. The van der Waals surface area contributed by atoms with E-state index >= 15 is 0 Å². The lowest BCUT2D eigenvalue weighted by Crippen LogP contribution is -1.94. The third-order valence-electron chi connectivity index (χ3n) is 3.03. The molecular formula is C19H20O2S. The summed E-state index contributed by atoms with van der Waals surface area (Å²) in [6, 6.07) is 18.2. The first kappa shape index (κ1) is 16.4. The third-order valence-corrected chi connectivity index (χ3v) is 3.87. The van der Waals surface area contributed by atoms with Gasteiger partial charge in [-0.2, -0.15) is 0 Å². The van der Waals surface area contributed by atoms with Gasteiger partial charge in [-0.1, -0.05) is 66.4 Å². The molecule has 0 aliphatic carbocycles. The summed E-state index contributed by atoms with van der Waals surface area (Å²) in [5.41, 5.74) is 2.30. The van der Waals surface area contributed by atoms with Crippen LogP contribution < -0.4 is 4.74 Å². The molecule has 0 aliphatic heterocycles. The Morgan fingerprint density at radius 3 is 2.50 bits per heavy atom. The maximum Gasteiger partial charge on any atom is 0.185 e. The molecule has 0 unspecified atom stereocenters. The summed E-state index contributed by atoms with van der Waals surface area (Å²) in [6.07, 6.45) is 5.06. The number of thioether (sulfide) groups is 1. The number of carbonyl (C=O) groups is 1. The first-order valence-corrected chi connectivity index (χ1v) is 8.29. The molecule has 0 aliphatic rings. The van der Waals surface area contributed by atoms with Gasteiger partial charge in [0.1, 0.15) is 12.4 Å². The lowest BCUT2D eigenvalue weighted by Gasteiger charge is -2.06. The van der Waals surface area contributed by atoms with Crippen molar-refractivity contribution in [2.45, 2.75) is 20.0 Å². The zero-order valence-corrected chi connectivity index (χ0v) is 13.5. The summed E-state index contributed by atoms with van der Waals surface area (Å²) in [4.78, 5) is 10.8. The van der Waals surface area contributed by atoms with Gasteiger partial charge in [-0.25, -0.2) is 0 Å². The molecule has 0 amide bonds. The minimum Gasteiger partial charge on any atom is -0.489 e. The van der Waals surface area contributed by atoms with E-state index in [0.717, 1.165) is 29.1 Å². The van der Waals surface area contributed by atoms with Crippen LogP contribution >= 0.6 is 11.8 Å². The van der Waals surface area contributed by atoms with Crippen molar-refractivity contribution in [3.05, 3.63) is 71.8 Å². The molecule has 2 nitrogen and oxygen atoms in total. The first-order chi connectivity index (χ1) is 10.7. The molecule has 2 aromatic carbocycles. The summed E-state index contributed by atoms with van der Waals surface area (Å²) >= 11 is 1.36. The van der Waals surface area contributed by atoms with Crippen molar-refractivity contribution >= 4 is 23.0 Å². The molecule has 0 atom stereocenters. The molecule has 0 fully saturated rings. The second-order valence-electron chi connectivity index (χ2n) is 4.87. The lowest BCUT2D eigenvalue weighted by molar-refractivity contribution is -0.109. The number of benzene rings is 2. The summed E-state index contributed by atoms with van der Waals surface area (Å²) in [5, 5.41) is 0.174. The highest BCUT2D eigenvalue weighted by Gasteiger charge is 1.96. The molecule has 0 saturated heterocycles. The van der Waals surface area contributed by atoms with E-state index in [1.807, 2.05) is 42.5 Å². The van der Waals surface area contributed by atoms with Gasteiger partial charge in [0, 0.05) is 12.7 Å². The smallest absolute Gasteiger partial charge is 0.185 e. The van der Waals surface area contributed by atoms with Crippen molar-refractivity contribution in [1.29, 1.82) is 0 Å². The average Bonchev–Trinajstić information content (AvgIpc) is 2.54. The van der Waals surface area contributed by atoms with Crippen molar-refractivity contribution in [1.82, 2.24) is 0 Å². The Balaban J connectivity index is 1.77. The molecule has 114 valence electrons. The zero-order valence-electron chi connectivity index (χ0n) is 12.7. The topological polar surface area (TPSA) is 26.3 Å². The molecule has 0 saturated carbocycles. The van der Waals surface area contributed by atoms with Crippen LogP contribution in [-0.2, 0) is 11.4 Å². The Hall–Kier alpha value is -2.00. The van der Waals surface area contributed by atoms with E-state index in [-0.39, 0.29) is 5.12 Å². The summed E-state index contributed by atoms with van der Waals surface area (Å²) in [6.45, 7) is 2.18. The highest BCUT2D eigenvalue weighted by atomic mass is 32.2. The van der Waals surface area contributed by atoms with Crippen molar-refractivity contribution in [3.8, 4) is 5.75 Å². The molecule has 3 heteroatoms. The highest BCUT2D eigenvalue weighted by Crippen LogP contribution is 2.15. The summed E-state index contributed by atoms with van der Waals surface area (Å²) in [5.74, 6) is 1.71. The first-order valence-electron chi connectivity index (χ1n) is 7.31. The largest absolute Gasteiger partial charge is 0.489 e. The Morgan fingerprint density at radius 2 is 1.82 bits per heavy atom. The predicted molar refractivity (Wildman–Crippen MR) is 94.0 cm³/mol. The van der Waals surface area contributed by atoms with Crippen molar-refractivity contribution < 1.29 is 9.53 Å². The van der Waals surface area contributed by atoms with E-state index in [1.54, 1.807) is 6.92 Å². The van der Waals surface area contributed by atoms with Crippen LogP contribution in [0.5, 0.6) is 5.75 Å². The summed E-state index contributed by atoms with van der Waals surface area (Å²) in [7, 11) is 0. The van der Waals surface area contributed by atoms with Gasteiger partial charge in [0.2, 0.25) is 0 Å². The van der Waals surface area contributed by atoms with Crippen LogP contribution in [0.3, 0.4) is 0 Å². The zero-order chi connectivity index (χ0) is 15.6. The minimum atomic E-state index is 0.174. The van der Waals surface area contributed by atoms with E-state index in [1.165, 1.54) is 11.8 Å². The van der Waals surface area contributed by atoms with Crippen LogP contribution in [0.1, 0.15) is 24.5 Å². The third kappa shape index (κ3) is 6.19.